The molecule has 5 heteroatoms. The Labute approximate surface area is 95.4 Å². The largest absolute Gasteiger partial charge is 0.455 e. The Morgan fingerprint density at radius 3 is 2.12 bits per heavy atom. The smallest absolute Gasteiger partial charge is 0.153 e. The van der Waals surface area contributed by atoms with Crippen LogP contribution in [0.4, 0.5) is 18.9 Å². The molecule has 0 atom stereocenters. The van der Waals surface area contributed by atoms with Crippen LogP contribution in [0.25, 0.3) is 0 Å². The van der Waals surface area contributed by atoms with Crippen molar-refractivity contribution < 1.29 is 17.9 Å². The van der Waals surface area contributed by atoms with Crippen LogP contribution in [0.3, 0.4) is 0 Å². The molecule has 0 radical (unpaired) electrons. The van der Waals surface area contributed by atoms with Crippen molar-refractivity contribution in [2.75, 3.05) is 5.73 Å². The fourth-order valence-corrected chi connectivity index (χ4v) is 1.31. The lowest BCUT2D eigenvalue weighted by molar-refractivity contribution is 0.466. The van der Waals surface area contributed by atoms with E-state index in [0.717, 1.165) is 24.3 Å². The topological polar surface area (TPSA) is 35.2 Å². The second kappa shape index (κ2) is 4.37. The molecule has 0 saturated heterocycles. The lowest BCUT2D eigenvalue weighted by atomic mass is 10.3. The van der Waals surface area contributed by atoms with Crippen molar-refractivity contribution in [3.63, 3.8) is 0 Å². The molecule has 2 aromatic rings. The Balaban J connectivity index is 2.34. The van der Waals surface area contributed by atoms with Gasteiger partial charge in [-0.1, -0.05) is 0 Å². The molecule has 0 unspecified atom stereocenters. The number of anilines is 1. The van der Waals surface area contributed by atoms with E-state index in [0.29, 0.717) is 6.07 Å². The lowest BCUT2D eigenvalue weighted by Gasteiger charge is -2.08. The summed E-state index contributed by atoms with van der Waals surface area (Å²) in [5.41, 5.74) is 5.71. The second-order valence-electron chi connectivity index (χ2n) is 3.39. The van der Waals surface area contributed by atoms with Crippen LogP contribution in [0, 0.1) is 17.5 Å². The number of halogens is 3. The highest BCUT2D eigenvalue weighted by Gasteiger charge is 2.06. The molecule has 2 aromatic carbocycles. The number of benzene rings is 2. The van der Waals surface area contributed by atoms with E-state index in [1.165, 1.54) is 6.07 Å². The van der Waals surface area contributed by atoms with Crippen molar-refractivity contribution in [3.8, 4) is 11.5 Å². The Hall–Kier alpha value is -2.17. The molecule has 0 aromatic heterocycles. The third-order valence-corrected chi connectivity index (χ3v) is 2.04. The first-order valence-corrected chi connectivity index (χ1v) is 4.73. The van der Waals surface area contributed by atoms with E-state index in [-0.39, 0.29) is 17.2 Å². The van der Waals surface area contributed by atoms with E-state index in [4.69, 9.17) is 10.5 Å². The van der Waals surface area contributed by atoms with E-state index in [9.17, 15) is 13.2 Å². The van der Waals surface area contributed by atoms with Crippen LogP contribution < -0.4 is 10.5 Å². The quantitative estimate of drug-likeness (QED) is 0.814. The summed E-state index contributed by atoms with van der Waals surface area (Å²) in [7, 11) is 0. The Morgan fingerprint density at radius 1 is 0.824 bits per heavy atom. The molecule has 0 amide bonds. The Kier molecular flexibility index (Phi) is 2.91. The van der Waals surface area contributed by atoms with Gasteiger partial charge >= 0.3 is 0 Å². The predicted octanol–water partition coefficient (Wildman–Crippen LogP) is 3.48. The Bertz CT molecular complexity index is 537. The minimum absolute atomic E-state index is 0.00926. The van der Waals surface area contributed by atoms with Crippen LogP contribution in [0.2, 0.25) is 0 Å². The summed E-state index contributed by atoms with van der Waals surface area (Å²) in [6.45, 7) is 0. The van der Waals surface area contributed by atoms with E-state index >= 15 is 0 Å². The van der Waals surface area contributed by atoms with E-state index in [1.54, 1.807) is 0 Å². The van der Waals surface area contributed by atoms with Crippen molar-refractivity contribution in [1.82, 2.24) is 0 Å². The molecule has 0 spiro atoms. The van der Waals surface area contributed by atoms with Gasteiger partial charge in [-0.05, 0) is 12.1 Å². The number of hydrogen-bond donors (Lipinski definition) is 1. The highest BCUT2D eigenvalue weighted by molar-refractivity contribution is 5.53. The number of nitrogens with two attached hydrogens (primary N) is 1. The highest BCUT2D eigenvalue weighted by Crippen LogP contribution is 2.28. The first-order chi connectivity index (χ1) is 8.04. The maximum absolute atomic E-state index is 12.9. The molecule has 0 aliphatic carbocycles. The van der Waals surface area contributed by atoms with Crippen molar-refractivity contribution >= 4 is 5.69 Å². The van der Waals surface area contributed by atoms with E-state index in [2.05, 4.69) is 0 Å². The number of hydrogen-bond acceptors (Lipinski definition) is 2. The van der Waals surface area contributed by atoms with Gasteiger partial charge in [-0.25, -0.2) is 13.2 Å². The van der Waals surface area contributed by atoms with Crippen LogP contribution in [0.5, 0.6) is 11.5 Å². The van der Waals surface area contributed by atoms with Gasteiger partial charge in [0.1, 0.15) is 23.2 Å². The van der Waals surface area contributed by atoms with Crippen molar-refractivity contribution in [1.29, 1.82) is 0 Å². The first-order valence-electron chi connectivity index (χ1n) is 4.73. The van der Waals surface area contributed by atoms with Crippen LogP contribution in [0.1, 0.15) is 0 Å². The molecule has 0 saturated carbocycles. The molecule has 0 bridgehead atoms. The third kappa shape index (κ3) is 2.69. The maximum atomic E-state index is 12.9. The Morgan fingerprint density at radius 2 is 1.47 bits per heavy atom. The average Bonchev–Trinajstić information content (AvgIpc) is 2.22. The molecular weight excluding hydrogens is 231 g/mol. The monoisotopic (exact) mass is 239 g/mol. The second-order valence-corrected chi connectivity index (χ2v) is 3.39. The molecule has 0 heterocycles. The minimum Gasteiger partial charge on any atom is -0.455 e. The molecule has 2 rings (SSSR count). The van der Waals surface area contributed by atoms with Crippen LogP contribution in [-0.2, 0) is 0 Å². The highest BCUT2D eigenvalue weighted by atomic mass is 19.1. The van der Waals surface area contributed by atoms with E-state index < -0.39 is 17.5 Å². The third-order valence-electron chi connectivity index (χ3n) is 2.04. The molecule has 88 valence electrons. The maximum Gasteiger partial charge on any atom is 0.153 e. The fourth-order valence-electron chi connectivity index (χ4n) is 1.31. The molecule has 0 aliphatic heterocycles. The standard InChI is InChI=1S/C12H8F3NO/c13-7-1-2-11(16)12(6-7)17-10-4-8(14)3-9(15)5-10/h1-6H,16H2. The molecule has 0 aliphatic rings. The summed E-state index contributed by atoms with van der Waals surface area (Å²) in [6, 6.07) is 6.18. The normalized spacial score (nSPS) is 10.3. The van der Waals surface area contributed by atoms with Crippen LogP contribution in [-0.4, -0.2) is 0 Å². The van der Waals surface area contributed by atoms with Crippen molar-refractivity contribution in [2.45, 2.75) is 0 Å². The van der Waals surface area contributed by atoms with Gasteiger partial charge < -0.3 is 10.5 Å². The van der Waals surface area contributed by atoms with Gasteiger partial charge in [0.2, 0.25) is 0 Å². The molecule has 17 heavy (non-hydrogen) atoms. The fraction of sp³-hybridized carbons (Fsp3) is 0. The van der Waals surface area contributed by atoms with Gasteiger partial charge in [-0.3, -0.25) is 0 Å². The predicted molar refractivity (Wildman–Crippen MR) is 57.2 cm³/mol. The average molecular weight is 239 g/mol. The lowest BCUT2D eigenvalue weighted by Crippen LogP contribution is -1.94. The summed E-state index contributed by atoms with van der Waals surface area (Å²) in [4.78, 5) is 0. The number of nitrogen functional groups attached to an aromatic ring is 1. The van der Waals surface area contributed by atoms with Gasteiger partial charge in [-0.2, -0.15) is 0 Å². The van der Waals surface area contributed by atoms with Crippen LogP contribution in [0.15, 0.2) is 36.4 Å². The first kappa shape index (κ1) is 11.3. The number of ether oxygens (including phenoxy) is 1. The van der Waals surface area contributed by atoms with Crippen molar-refractivity contribution in [3.05, 3.63) is 53.8 Å². The van der Waals surface area contributed by atoms with Gasteiger partial charge in [-0.15, -0.1) is 0 Å². The van der Waals surface area contributed by atoms with Gasteiger partial charge in [0.15, 0.2) is 5.75 Å². The molecule has 0 fully saturated rings. The van der Waals surface area contributed by atoms with Gasteiger partial charge in [0.25, 0.3) is 0 Å². The van der Waals surface area contributed by atoms with E-state index in [1.807, 2.05) is 0 Å². The van der Waals surface area contributed by atoms with Gasteiger partial charge in [0.05, 0.1) is 5.69 Å². The zero-order valence-electron chi connectivity index (χ0n) is 8.58. The summed E-state index contributed by atoms with van der Waals surface area (Å²) >= 11 is 0. The summed E-state index contributed by atoms with van der Waals surface area (Å²) in [6.07, 6.45) is 0. The van der Waals surface area contributed by atoms with Gasteiger partial charge in [0, 0.05) is 24.3 Å². The zero-order chi connectivity index (χ0) is 12.4. The molecular formula is C12H8F3NO. The summed E-state index contributed by atoms with van der Waals surface area (Å²) < 4.78 is 43.8. The molecule has 2 nitrogen and oxygen atoms in total. The number of rotatable bonds is 2. The minimum atomic E-state index is -0.782. The van der Waals surface area contributed by atoms with Crippen LogP contribution >= 0.6 is 0 Å². The van der Waals surface area contributed by atoms with Crippen molar-refractivity contribution in [2.24, 2.45) is 0 Å². The summed E-state index contributed by atoms with van der Waals surface area (Å²) in [5, 5.41) is 0. The SMILES string of the molecule is Nc1ccc(F)cc1Oc1cc(F)cc(F)c1. The zero-order valence-corrected chi connectivity index (χ0v) is 8.58. The summed E-state index contributed by atoms with van der Waals surface area (Å²) in [5.74, 6) is -2.19. The molecule has 2 N–H and O–H groups in total.